The Kier molecular flexibility index (Phi) is 11.9. The molecule has 16 heteroatoms. The first-order valence-electron chi connectivity index (χ1n) is 20.4. The quantitative estimate of drug-likeness (QED) is 0.0882. The zero-order chi connectivity index (χ0) is 42.5. The fourth-order valence-corrected chi connectivity index (χ4v) is 8.32. The van der Waals surface area contributed by atoms with Gasteiger partial charge in [0.1, 0.15) is 23.7 Å². The minimum Gasteiger partial charge on any atom is -0.465 e. The minimum absolute atomic E-state index is 0.209. The molecule has 16 nitrogen and oxygen atoms in total. The molecule has 5 N–H and O–H groups in total. The number of carbonyl (C=O) groups is 4. The predicted octanol–water partition coefficient (Wildman–Crippen LogP) is 6.33. The van der Waals surface area contributed by atoms with Crippen LogP contribution < -0.4 is 10.6 Å². The number of benzene rings is 3. The van der Waals surface area contributed by atoms with E-state index in [4.69, 9.17) is 14.8 Å². The molecule has 3 aromatic carbocycles. The highest BCUT2D eigenvalue weighted by atomic mass is 16.5. The fraction of sp³-hybridized carbons (Fsp3) is 0.311. The van der Waals surface area contributed by atoms with E-state index in [2.05, 4.69) is 42.7 Å². The Bertz CT molecular complexity index is 2480. The lowest BCUT2D eigenvalue weighted by Crippen LogP contribution is -2.49. The van der Waals surface area contributed by atoms with Crippen LogP contribution in [0.5, 0.6) is 0 Å². The van der Waals surface area contributed by atoms with Gasteiger partial charge in [0, 0.05) is 32.3 Å². The summed E-state index contributed by atoms with van der Waals surface area (Å²) >= 11 is 0. The molecule has 2 fully saturated rings. The Morgan fingerprint density at radius 1 is 0.754 bits per heavy atom. The Labute approximate surface area is 352 Å². The lowest BCUT2D eigenvalue weighted by molar-refractivity contribution is -0.135. The summed E-state index contributed by atoms with van der Waals surface area (Å²) in [6.45, 7) is 3.27. The number of alkyl carbamates (subject to hydrolysis) is 1. The van der Waals surface area contributed by atoms with Crippen molar-refractivity contribution in [3.8, 4) is 33.6 Å². The molecule has 5 heterocycles. The van der Waals surface area contributed by atoms with Crippen molar-refractivity contribution in [2.24, 2.45) is 0 Å². The number of H-pyrrole nitrogens is 2. The molecular formula is C45H48N10O6. The Balaban J connectivity index is 0.908. The summed E-state index contributed by atoms with van der Waals surface area (Å²) in [4.78, 5) is 74.8. The van der Waals surface area contributed by atoms with Gasteiger partial charge in [-0.1, -0.05) is 78.9 Å². The van der Waals surface area contributed by atoms with E-state index in [1.54, 1.807) is 35.4 Å². The molecule has 0 aliphatic carbocycles. The average Bonchev–Trinajstić information content (AvgIpc) is 4.14. The lowest BCUT2D eigenvalue weighted by atomic mass is 10.0. The molecule has 2 aliphatic heterocycles. The molecule has 6 aromatic rings. The van der Waals surface area contributed by atoms with Crippen molar-refractivity contribution in [1.82, 2.24) is 49.9 Å². The number of amides is 4. The number of nitrogens with zero attached hydrogens (tertiary/aromatic N) is 6. The van der Waals surface area contributed by atoms with E-state index in [1.165, 1.54) is 7.11 Å². The third-order valence-corrected chi connectivity index (χ3v) is 11.4. The first-order chi connectivity index (χ1) is 29.6. The molecule has 2 aliphatic rings. The number of hydrogen-bond acceptors (Lipinski definition) is 8. The number of methoxy groups -OCH3 is 1. The number of aromatic amines is 2. The van der Waals surface area contributed by atoms with Crippen LogP contribution in [0.15, 0.2) is 104 Å². The summed E-state index contributed by atoms with van der Waals surface area (Å²) < 4.78 is 6.84. The highest BCUT2D eigenvalue weighted by molar-refractivity contribution is 5.87. The third-order valence-electron chi connectivity index (χ3n) is 11.4. The average molecular weight is 825 g/mol. The molecule has 314 valence electrons. The predicted molar refractivity (Wildman–Crippen MR) is 226 cm³/mol. The minimum atomic E-state index is -1.23. The second kappa shape index (κ2) is 17.9. The van der Waals surface area contributed by atoms with Gasteiger partial charge in [-0.25, -0.2) is 24.5 Å². The normalized spacial score (nSPS) is 17.2. The topological polar surface area (TPSA) is 203 Å². The highest BCUT2D eigenvalue weighted by Gasteiger charge is 2.37. The lowest BCUT2D eigenvalue weighted by Gasteiger charge is -2.28. The molecule has 3 aromatic heterocycles. The molecule has 4 amide bonds. The molecule has 0 bridgehead atoms. The number of ether oxygens (including phenoxy) is 1. The summed E-state index contributed by atoms with van der Waals surface area (Å²) in [5, 5.41) is 14.1. The van der Waals surface area contributed by atoms with Crippen molar-refractivity contribution >= 4 is 24.0 Å². The van der Waals surface area contributed by atoms with Crippen LogP contribution in [0.4, 0.5) is 9.59 Å². The van der Waals surface area contributed by atoms with Crippen molar-refractivity contribution in [1.29, 1.82) is 0 Å². The highest BCUT2D eigenvalue weighted by Crippen LogP contribution is 2.35. The summed E-state index contributed by atoms with van der Waals surface area (Å²) in [5.74, 6) is 0.870. The number of nitrogens with one attached hydrogen (secondary N) is 4. The Morgan fingerprint density at radius 3 is 1.84 bits per heavy atom. The Hall–Kier alpha value is -7.23. The van der Waals surface area contributed by atoms with Crippen LogP contribution in [0.3, 0.4) is 0 Å². The summed E-state index contributed by atoms with van der Waals surface area (Å²) in [5.41, 5.74) is 7.43. The Morgan fingerprint density at radius 2 is 1.30 bits per heavy atom. The van der Waals surface area contributed by atoms with Crippen LogP contribution in [-0.4, -0.2) is 101 Å². The number of aromatic nitrogens is 6. The van der Waals surface area contributed by atoms with Crippen molar-refractivity contribution < 1.29 is 29.0 Å². The number of hydrogen-bond donors (Lipinski definition) is 5. The molecule has 0 saturated carbocycles. The molecule has 8 rings (SSSR count). The van der Waals surface area contributed by atoms with E-state index in [0.717, 1.165) is 64.9 Å². The fourth-order valence-electron chi connectivity index (χ4n) is 8.32. The maximum Gasteiger partial charge on any atom is 0.407 e. The van der Waals surface area contributed by atoms with E-state index < -0.39 is 24.3 Å². The molecule has 0 spiro atoms. The summed E-state index contributed by atoms with van der Waals surface area (Å²) in [6, 6.07) is 24.1. The van der Waals surface area contributed by atoms with Crippen LogP contribution in [0.2, 0.25) is 0 Å². The molecule has 0 unspecified atom stereocenters. The molecule has 61 heavy (non-hydrogen) atoms. The number of rotatable bonds is 13. The van der Waals surface area contributed by atoms with Crippen molar-refractivity contribution in [2.45, 2.75) is 69.7 Å². The van der Waals surface area contributed by atoms with E-state index in [1.807, 2.05) is 77.5 Å². The second-order valence-electron chi connectivity index (χ2n) is 15.5. The second-order valence-corrected chi connectivity index (χ2v) is 15.5. The van der Waals surface area contributed by atoms with Gasteiger partial charge in [-0.3, -0.25) is 9.59 Å². The van der Waals surface area contributed by atoms with Crippen LogP contribution in [0, 0.1) is 0 Å². The maximum absolute atomic E-state index is 14.1. The molecular weight excluding hydrogens is 777 g/mol. The molecule has 0 radical (unpaired) electrons. The number of likely N-dealkylation sites (tertiary alicyclic amines) is 2. The van der Waals surface area contributed by atoms with Crippen molar-refractivity contribution in [3.05, 3.63) is 127 Å². The summed E-state index contributed by atoms with van der Waals surface area (Å²) in [6.07, 6.45) is 8.56. The first-order valence-corrected chi connectivity index (χ1v) is 20.4. The first kappa shape index (κ1) is 40.5. The van der Waals surface area contributed by atoms with Gasteiger partial charge in [0.2, 0.25) is 11.8 Å². The largest absolute Gasteiger partial charge is 0.465 e. The zero-order valence-corrected chi connectivity index (χ0v) is 34.0. The van der Waals surface area contributed by atoms with E-state index in [9.17, 15) is 19.2 Å². The van der Waals surface area contributed by atoms with Gasteiger partial charge in [-0.05, 0) is 60.4 Å². The summed E-state index contributed by atoms with van der Waals surface area (Å²) in [7, 11) is 1.28. The van der Waals surface area contributed by atoms with Gasteiger partial charge in [-0.2, -0.15) is 0 Å². The maximum atomic E-state index is 14.1. The number of carboxylic acid groups (broad SMARTS) is 1. The number of imidazole rings is 3. The standard InChI is InChI=1S/C45H48N10O6/c1-28(49-44(58)59)42(56)54-20-6-10-38(54)40-46-23-36(50-40)32-16-12-30(13-17-32)31-14-18-33(19-15-31)37-24-47-41(51-37)39-11-7-21-55(39)43(57)35(52-45(60)61-2)22-34-26-53(27-48-34)25-29-8-4-3-5-9-29/h3-5,8-9,12-19,23-24,26-28,35,38-39,49H,6-7,10-11,20-22,25H2,1-2H3,(H,46,50)(H,47,51)(H,52,60)(H,58,59)/t28-,35-,38-,39-/m0/s1. The molecule has 2 saturated heterocycles. The van der Waals surface area contributed by atoms with Gasteiger partial charge < -0.3 is 44.8 Å². The van der Waals surface area contributed by atoms with Crippen LogP contribution >= 0.6 is 0 Å². The monoisotopic (exact) mass is 824 g/mol. The smallest absolute Gasteiger partial charge is 0.407 e. The SMILES string of the molecule is COC(=O)N[C@@H](Cc1cn(Cc2ccccc2)cn1)C(=O)N1CCC[C@H]1c1ncc(-c2ccc(-c3ccc(-c4cnc([C@@H]5CCCN5C(=O)[C@H](C)NC(=O)O)[nH]4)cc3)cc2)[nH]1. The third kappa shape index (κ3) is 9.17. The van der Waals surface area contributed by atoms with E-state index >= 15 is 0 Å². The van der Waals surface area contributed by atoms with Gasteiger partial charge in [0.15, 0.2) is 0 Å². The van der Waals surface area contributed by atoms with Gasteiger partial charge in [-0.15, -0.1) is 0 Å². The van der Waals surface area contributed by atoms with Gasteiger partial charge in [0.25, 0.3) is 0 Å². The van der Waals surface area contributed by atoms with Gasteiger partial charge >= 0.3 is 12.2 Å². The van der Waals surface area contributed by atoms with Crippen LogP contribution in [0.25, 0.3) is 33.6 Å². The zero-order valence-electron chi connectivity index (χ0n) is 34.0. The number of carbonyl (C=O) groups excluding carboxylic acids is 3. The van der Waals surface area contributed by atoms with E-state index in [0.29, 0.717) is 37.0 Å². The van der Waals surface area contributed by atoms with Crippen molar-refractivity contribution in [3.63, 3.8) is 0 Å². The van der Waals surface area contributed by atoms with Crippen LogP contribution in [-0.2, 0) is 27.3 Å². The van der Waals surface area contributed by atoms with Gasteiger partial charge in [0.05, 0.1) is 55.0 Å². The molecule has 4 atom stereocenters. The van der Waals surface area contributed by atoms with E-state index in [-0.39, 0.29) is 30.3 Å². The van der Waals surface area contributed by atoms with Crippen molar-refractivity contribution in [2.75, 3.05) is 20.2 Å². The van der Waals surface area contributed by atoms with Crippen LogP contribution in [0.1, 0.15) is 67.6 Å².